The number of nitrogens with one attached hydrogen (secondary N) is 1. The van der Waals surface area contributed by atoms with Crippen LogP contribution in [0.2, 0.25) is 0 Å². The lowest BCUT2D eigenvalue weighted by Gasteiger charge is -2.41. The Morgan fingerprint density at radius 1 is 1.33 bits per heavy atom. The van der Waals surface area contributed by atoms with E-state index in [1.807, 2.05) is 13.8 Å². The van der Waals surface area contributed by atoms with Crippen molar-refractivity contribution in [1.82, 2.24) is 5.32 Å². The van der Waals surface area contributed by atoms with Crippen LogP contribution in [0.15, 0.2) is 12.1 Å². The van der Waals surface area contributed by atoms with E-state index in [1.54, 1.807) is 6.92 Å². The summed E-state index contributed by atoms with van der Waals surface area (Å²) in [6.45, 7) is 7.02. The Labute approximate surface area is 125 Å². The van der Waals surface area contributed by atoms with Crippen molar-refractivity contribution in [2.75, 3.05) is 13.2 Å². The number of rotatable bonds is 5. The zero-order valence-corrected chi connectivity index (χ0v) is 13.1. The van der Waals surface area contributed by atoms with E-state index >= 15 is 0 Å². The van der Waals surface area contributed by atoms with Gasteiger partial charge in [-0.25, -0.2) is 8.78 Å². The van der Waals surface area contributed by atoms with Crippen molar-refractivity contribution in [1.29, 1.82) is 0 Å². The molecule has 1 aromatic carbocycles. The summed E-state index contributed by atoms with van der Waals surface area (Å²) in [4.78, 5) is 0. The lowest BCUT2D eigenvalue weighted by atomic mass is 9.83. The van der Waals surface area contributed by atoms with Crippen LogP contribution in [0.3, 0.4) is 0 Å². The Bertz CT molecular complexity index is 484. The van der Waals surface area contributed by atoms with E-state index in [2.05, 4.69) is 5.32 Å². The molecule has 1 N–H and O–H groups in total. The lowest BCUT2D eigenvalue weighted by molar-refractivity contribution is -0.0910. The summed E-state index contributed by atoms with van der Waals surface area (Å²) in [6, 6.07) is 2.37. The standard InChI is InChI=1S/C17H25F2NO/c1-4-10-20-16(17(3)9-5-6-11-21-17)14-13(18)8-7-12(2)15(14)19/h7-8,16,20H,4-6,9-11H2,1-3H3. The summed E-state index contributed by atoms with van der Waals surface area (Å²) in [5, 5.41) is 3.30. The van der Waals surface area contributed by atoms with Crippen molar-refractivity contribution >= 4 is 0 Å². The van der Waals surface area contributed by atoms with Crippen molar-refractivity contribution < 1.29 is 13.5 Å². The van der Waals surface area contributed by atoms with Crippen molar-refractivity contribution in [3.05, 3.63) is 34.9 Å². The molecule has 21 heavy (non-hydrogen) atoms. The number of hydrogen-bond donors (Lipinski definition) is 1. The maximum atomic E-state index is 14.5. The minimum atomic E-state index is -0.567. The third-order valence-electron chi connectivity index (χ3n) is 4.32. The molecule has 0 bridgehead atoms. The molecule has 1 aliphatic rings. The third-order valence-corrected chi connectivity index (χ3v) is 4.32. The second kappa shape index (κ2) is 6.84. The average Bonchev–Trinajstić information content (AvgIpc) is 2.47. The Kier molecular flexibility index (Phi) is 5.33. The quantitative estimate of drug-likeness (QED) is 0.876. The SMILES string of the molecule is CCCNC(c1c(F)ccc(C)c1F)C1(C)CCCCO1. The summed E-state index contributed by atoms with van der Waals surface area (Å²) in [5.41, 5.74) is 0.0186. The van der Waals surface area contributed by atoms with Crippen molar-refractivity contribution in [2.45, 2.75) is 58.1 Å². The van der Waals surface area contributed by atoms with Crippen LogP contribution in [0.1, 0.15) is 56.7 Å². The highest BCUT2D eigenvalue weighted by molar-refractivity contribution is 5.31. The van der Waals surface area contributed by atoms with Gasteiger partial charge in [0.05, 0.1) is 11.6 Å². The van der Waals surface area contributed by atoms with E-state index in [4.69, 9.17) is 4.74 Å². The van der Waals surface area contributed by atoms with Crippen LogP contribution in [0.4, 0.5) is 8.78 Å². The molecule has 1 aromatic rings. The molecule has 2 rings (SSSR count). The molecular formula is C17H25F2NO. The third kappa shape index (κ3) is 3.43. The molecule has 2 atom stereocenters. The minimum Gasteiger partial charge on any atom is -0.373 e. The van der Waals surface area contributed by atoms with E-state index in [0.29, 0.717) is 18.7 Å². The average molecular weight is 297 g/mol. The highest BCUT2D eigenvalue weighted by Gasteiger charge is 2.40. The zero-order chi connectivity index (χ0) is 15.5. The topological polar surface area (TPSA) is 21.3 Å². The van der Waals surface area contributed by atoms with Crippen LogP contribution < -0.4 is 5.32 Å². The highest BCUT2D eigenvalue weighted by Crippen LogP contribution is 2.39. The summed E-state index contributed by atoms with van der Waals surface area (Å²) in [6.07, 6.45) is 3.74. The molecule has 0 radical (unpaired) electrons. The molecule has 1 aliphatic heterocycles. The molecule has 1 fully saturated rings. The first-order valence-electron chi connectivity index (χ1n) is 7.81. The molecule has 4 heteroatoms. The van der Waals surface area contributed by atoms with Gasteiger partial charge in [0.25, 0.3) is 0 Å². The van der Waals surface area contributed by atoms with Crippen molar-refractivity contribution in [3.8, 4) is 0 Å². The largest absolute Gasteiger partial charge is 0.373 e. The predicted octanol–water partition coefficient (Wildman–Crippen LogP) is 4.27. The molecule has 0 saturated carbocycles. The van der Waals surface area contributed by atoms with E-state index in [0.717, 1.165) is 25.7 Å². The molecular weight excluding hydrogens is 272 g/mol. The van der Waals surface area contributed by atoms with Crippen LogP contribution in [0.25, 0.3) is 0 Å². The molecule has 118 valence electrons. The van der Waals surface area contributed by atoms with Gasteiger partial charge in [-0.2, -0.15) is 0 Å². The summed E-state index contributed by atoms with van der Waals surface area (Å²) >= 11 is 0. The molecule has 1 saturated heterocycles. The number of halogens is 2. The van der Waals surface area contributed by atoms with Gasteiger partial charge in [0.2, 0.25) is 0 Å². The first-order chi connectivity index (χ1) is 9.99. The molecule has 2 nitrogen and oxygen atoms in total. The van der Waals surface area contributed by atoms with Crippen molar-refractivity contribution in [2.24, 2.45) is 0 Å². The minimum absolute atomic E-state index is 0.118. The molecule has 2 unspecified atom stereocenters. The van der Waals surface area contributed by atoms with Gasteiger partial charge < -0.3 is 10.1 Å². The van der Waals surface area contributed by atoms with Gasteiger partial charge in [0.15, 0.2) is 0 Å². The van der Waals surface area contributed by atoms with Gasteiger partial charge in [-0.3, -0.25) is 0 Å². The van der Waals surface area contributed by atoms with Crippen LogP contribution >= 0.6 is 0 Å². The van der Waals surface area contributed by atoms with Crippen LogP contribution in [-0.4, -0.2) is 18.8 Å². The first-order valence-corrected chi connectivity index (χ1v) is 7.81. The van der Waals surface area contributed by atoms with E-state index in [9.17, 15) is 8.78 Å². The number of benzene rings is 1. The maximum Gasteiger partial charge on any atom is 0.133 e. The van der Waals surface area contributed by atoms with Crippen LogP contribution in [0, 0.1) is 18.6 Å². The summed E-state index contributed by atoms with van der Waals surface area (Å²) < 4.78 is 34.8. The van der Waals surface area contributed by atoms with Gasteiger partial charge in [-0.05, 0) is 57.7 Å². The smallest absolute Gasteiger partial charge is 0.133 e. The highest BCUT2D eigenvalue weighted by atomic mass is 19.1. The van der Waals surface area contributed by atoms with Gasteiger partial charge in [-0.1, -0.05) is 13.0 Å². The number of hydrogen-bond acceptors (Lipinski definition) is 2. The number of ether oxygens (including phenoxy) is 1. The Morgan fingerprint density at radius 2 is 2.10 bits per heavy atom. The second-order valence-electron chi connectivity index (χ2n) is 6.10. The predicted molar refractivity (Wildman–Crippen MR) is 80.3 cm³/mol. The fourth-order valence-electron chi connectivity index (χ4n) is 3.04. The van der Waals surface area contributed by atoms with E-state index in [1.165, 1.54) is 12.1 Å². The fourth-order valence-corrected chi connectivity index (χ4v) is 3.04. The number of aryl methyl sites for hydroxylation is 1. The maximum absolute atomic E-state index is 14.5. The first kappa shape index (κ1) is 16.4. The molecule has 1 heterocycles. The lowest BCUT2D eigenvalue weighted by Crippen LogP contribution is -2.47. The molecule has 0 amide bonds. The Morgan fingerprint density at radius 3 is 2.71 bits per heavy atom. The summed E-state index contributed by atoms with van der Waals surface area (Å²) in [7, 11) is 0. The zero-order valence-electron chi connectivity index (χ0n) is 13.1. The fraction of sp³-hybridized carbons (Fsp3) is 0.647. The van der Waals surface area contributed by atoms with E-state index < -0.39 is 23.3 Å². The van der Waals surface area contributed by atoms with Gasteiger partial charge in [0.1, 0.15) is 11.6 Å². The molecule has 0 aromatic heterocycles. The van der Waals surface area contributed by atoms with Crippen molar-refractivity contribution in [3.63, 3.8) is 0 Å². The molecule has 0 aliphatic carbocycles. The van der Waals surface area contributed by atoms with Crippen LogP contribution in [-0.2, 0) is 4.74 Å². The van der Waals surface area contributed by atoms with Gasteiger partial charge >= 0.3 is 0 Å². The second-order valence-corrected chi connectivity index (χ2v) is 6.10. The van der Waals surface area contributed by atoms with Gasteiger partial charge in [-0.15, -0.1) is 0 Å². The normalized spacial score (nSPS) is 24.0. The molecule has 0 spiro atoms. The van der Waals surface area contributed by atoms with Gasteiger partial charge in [0, 0.05) is 12.2 Å². The van der Waals surface area contributed by atoms with Crippen LogP contribution in [0.5, 0.6) is 0 Å². The van der Waals surface area contributed by atoms with E-state index in [-0.39, 0.29) is 5.56 Å². The Hall–Kier alpha value is -1.00. The Balaban J connectivity index is 2.42. The summed E-state index contributed by atoms with van der Waals surface area (Å²) in [5.74, 6) is -0.957. The monoisotopic (exact) mass is 297 g/mol.